The van der Waals surface area contributed by atoms with E-state index < -0.39 is 0 Å². The number of anilines is 1. The van der Waals surface area contributed by atoms with Crippen molar-refractivity contribution in [3.8, 4) is 11.5 Å². The molecule has 0 radical (unpaired) electrons. The summed E-state index contributed by atoms with van der Waals surface area (Å²) in [5, 5.41) is 2.86. The summed E-state index contributed by atoms with van der Waals surface area (Å²) in [6.45, 7) is 5.75. The maximum absolute atomic E-state index is 11.8. The number of hydrogen-bond donors (Lipinski definition) is 1. The van der Waals surface area contributed by atoms with Gasteiger partial charge in [-0.3, -0.25) is 4.79 Å². The Morgan fingerprint density at radius 2 is 2.00 bits per heavy atom. The Kier molecular flexibility index (Phi) is 3.67. The first kappa shape index (κ1) is 14.3. The van der Waals surface area contributed by atoms with Gasteiger partial charge in [0.1, 0.15) is 5.52 Å². The molecule has 4 heteroatoms. The number of hydrogen-bond acceptors (Lipinski definition) is 3. The highest BCUT2D eigenvalue weighted by Crippen LogP contribution is 2.26. The van der Waals surface area contributed by atoms with Gasteiger partial charge in [-0.05, 0) is 31.2 Å². The van der Waals surface area contributed by atoms with Crippen LogP contribution >= 0.6 is 0 Å². The maximum atomic E-state index is 11.8. The lowest BCUT2D eigenvalue weighted by molar-refractivity contribution is -0.118. The number of fused-ring (bicyclic) bond motifs is 1. The van der Waals surface area contributed by atoms with Crippen LogP contribution < -0.4 is 5.32 Å². The van der Waals surface area contributed by atoms with E-state index >= 15 is 0 Å². The first-order chi connectivity index (χ1) is 10.5. The zero-order valence-electron chi connectivity index (χ0n) is 12.9. The quantitative estimate of drug-likeness (QED) is 0.779. The molecule has 1 amide bonds. The van der Waals surface area contributed by atoms with E-state index in [1.165, 1.54) is 0 Å². The number of nitrogens with zero attached hydrogens (tertiary/aromatic N) is 1. The predicted octanol–water partition coefficient (Wildman–Crippen LogP) is 4.40. The van der Waals surface area contributed by atoms with Gasteiger partial charge in [0.15, 0.2) is 5.58 Å². The molecule has 1 N–H and O–H groups in total. The Labute approximate surface area is 129 Å². The van der Waals surface area contributed by atoms with E-state index in [4.69, 9.17) is 4.42 Å². The molecule has 0 aliphatic heterocycles. The Hall–Kier alpha value is -2.62. The van der Waals surface area contributed by atoms with E-state index in [9.17, 15) is 4.79 Å². The summed E-state index contributed by atoms with van der Waals surface area (Å²) in [4.78, 5) is 16.3. The summed E-state index contributed by atoms with van der Waals surface area (Å²) in [5.41, 5.74) is 4.27. The normalized spacial score (nSPS) is 11.1. The lowest BCUT2D eigenvalue weighted by Crippen LogP contribution is -2.17. The van der Waals surface area contributed by atoms with Crippen molar-refractivity contribution >= 4 is 22.7 Å². The number of amides is 1. The van der Waals surface area contributed by atoms with E-state index in [1.54, 1.807) is 0 Å². The molecule has 0 aliphatic rings. The molecule has 3 aromatic rings. The molecule has 0 unspecified atom stereocenters. The molecular weight excluding hydrogens is 276 g/mol. The summed E-state index contributed by atoms with van der Waals surface area (Å²) in [6.07, 6.45) is 0. The molecular formula is C18H18N2O2. The van der Waals surface area contributed by atoms with Gasteiger partial charge in [-0.1, -0.05) is 31.5 Å². The largest absolute Gasteiger partial charge is 0.436 e. The van der Waals surface area contributed by atoms with Crippen molar-refractivity contribution in [2.75, 3.05) is 5.32 Å². The van der Waals surface area contributed by atoms with Crippen molar-refractivity contribution in [2.45, 2.75) is 20.8 Å². The first-order valence-electron chi connectivity index (χ1n) is 7.31. The van der Waals surface area contributed by atoms with Gasteiger partial charge in [-0.15, -0.1) is 0 Å². The molecule has 1 aromatic heterocycles. The van der Waals surface area contributed by atoms with Crippen molar-refractivity contribution in [1.29, 1.82) is 0 Å². The molecule has 2 aromatic carbocycles. The molecule has 0 saturated heterocycles. The molecule has 112 valence electrons. The summed E-state index contributed by atoms with van der Waals surface area (Å²) in [6, 6.07) is 13.5. The summed E-state index contributed by atoms with van der Waals surface area (Å²) >= 11 is 0. The molecule has 3 rings (SSSR count). The minimum Gasteiger partial charge on any atom is -0.436 e. The number of oxazole rings is 1. The van der Waals surface area contributed by atoms with Crippen molar-refractivity contribution in [2.24, 2.45) is 5.92 Å². The fourth-order valence-corrected chi connectivity index (χ4v) is 2.19. The second-order valence-electron chi connectivity index (χ2n) is 5.71. The SMILES string of the molecule is Cc1cccc(-c2nc3ccc(NC(=O)C(C)C)cc3o2)c1. The zero-order chi connectivity index (χ0) is 15.7. The maximum Gasteiger partial charge on any atom is 0.227 e. The summed E-state index contributed by atoms with van der Waals surface area (Å²) < 4.78 is 5.83. The molecule has 22 heavy (non-hydrogen) atoms. The second kappa shape index (κ2) is 5.64. The van der Waals surface area contributed by atoms with Crippen LogP contribution in [0.2, 0.25) is 0 Å². The minimum atomic E-state index is -0.0618. The topological polar surface area (TPSA) is 55.1 Å². The number of nitrogens with one attached hydrogen (secondary N) is 1. The molecule has 0 fully saturated rings. The zero-order valence-corrected chi connectivity index (χ0v) is 12.9. The van der Waals surface area contributed by atoms with Gasteiger partial charge < -0.3 is 9.73 Å². The molecule has 4 nitrogen and oxygen atoms in total. The predicted molar refractivity (Wildman–Crippen MR) is 87.6 cm³/mol. The number of carbonyl (C=O) groups excluding carboxylic acids is 1. The fourth-order valence-electron chi connectivity index (χ4n) is 2.19. The molecule has 1 heterocycles. The van der Waals surface area contributed by atoms with Crippen molar-refractivity contribution in [3.63, 3.8) is 0 Å². The Balaban J connectivity index is 1.95. The van der Waals surface area contributed by atoms with Crippen LogP contribution in [0.15, 0.2) is 46.9 Å². The smallest absolute Gasteiger partial charge is 0.227 e. The standard InChI is InChI=1S/C18H18N2O2/c1-11(2)17(21)19-14-7-8-15-16(10-14)22-18(20-15)13-6-4-5-12(3)9-13/h4-11H,1-3H3,(H,19,21). The number of aryl methyl sites for hydroxylation is 1. The van der Waals surface area contributed by atoms with E-state index in [1.807, 2.05) is 63.2 Å². The van der Waals surface area contributed by atoms with Crippen LogP contribution in [0.5, 0.6) is 0 Å². The van der Waals surface area contributed by atoms with Gasteiger partial charge in [0.2, 0.25) is 11.8 Å². The summed E-state index contributed by atoms with van der Waals surface area (Å²) in [5.74, 6) is 0.511. The van der Waals surface area contributed by atoms with Gasteiger partial charge in [0, 0.05) is 23.2 Å². The number of carbonyl (C=O) groups is 1. The van der Waals surface area contributed by atoms with Gasteiger partial charge in [0.25, 0.3) is 0 Å². The lowest BCUT2D eigenvalue weighted by Gasteiger charge is -2.06. The van der Waals surface area contributed by atoms with Gasteiger partial charge in [0.05, 0.1) is 0 Å². The number of benzene rings is 2. The molecule has 0 atom stereocenters. The average Bonchev–Trinajstić information content (AvgIpc) is 2.90. The third-order valence-corrected chi connectivity index (χ3v) is 3.45. The van der Waals surface area contributed by atoms with Gasteiger partial charge in [-0.2, -0.15) is 0 Å². The van der Waals surface area contributed by atoms with Crippen LogP contribution in [-0.4, -0.2) is 10.9 Å². The first-order valence-corrected chi connectivity index (χ1v) is 7.31. The second-order valence-corrected chi connectivity index (χ2v) is 5.71. The molecule has 0 bridgehead atoms. The summed E-state index contributed by atoms with van der Waals surface area (Å²) in [7, 11) is 0. The van der Waals surface area contributed by atoms with E-state index in [0.29, 0.717) is 11.5 Å². The minimum absolute atomic E-state index is 0.0160. The monoisotopic (exact) mass is 294 g/mol. The fraction of sp³-hybridized carbons (Fsp3) is 0.222. The number of aromatic nitrogens is 1. The van der Waals surface area contributed by atoms with E-state index in [-0.39, 0.29) is 11.8 Å². The molecule has 0 aliphatic carbocycles. The van der Waals surface area contributed by atoms with Gasteiger partial charge >= 0.3 is 0 Å². The molecule has 0 spiro atoms. The Bertz CT molecular complexity index is 834. The van der Waals surface area contributed by atoms with Crippen LogP contribution in [0.1, 0.15) is 19.4 Å². The van der Waals surface area contributed by atoms with Crippen LogP contribution in [0, 0.1) is 12.8 Å². The van der Waals surface area contributed by atoms with E-state index in [2.05, 4.69) is 10.3 Å². The van der Waals surface area contributed by atoms with Crippen molar-refractivity contribution in [1.82, 2.24) is 4.98 Å². The Morgan fingerprint density at radius 1 is 1.18 bits per heavy atom. The highest BCUT2D eigenvalue weighted by Gasteiger charge is 2.11. The average molecular weight is 294 g/mol. The third kappa shape index (κ3) is 2.86. The lowest BCUT2D eigenvalue weighted by atomic mass is 10.1. The van der Waals surface area contributed by atoms with Crippen LogP contribution in [0.4, 0.5) is 5.69 Å². The third-order valence-electron chi connectivity index (χ3n) is 3.45. The molecule has 0 saturated carbocycles. The van der Waals surface area contributed by atoms with E-state index in [0.717, 1.165) is 22.3 Å². The van der Waals surface area contributed by atoms with Crippen LogP contribution in [0.3, 0.4) is 0 Å². The van der Waals surface area contributed by atoms with Crippen molar-refractivity contribution in [3.05, 3.63) is 48.0 Å². The van der Waals surface area contributed by atoms with Gasteiger partial charge in [-0.25, -0.2) is 4.98 Å². The highest BCUT2D eigenvalue weighted by molar-refractivity contribution is 5.94. The van der Waals surface area contributed by atoms with Crippen LogP contribution in [-0.2, 0) is 4.79 Å². The number of rotatable bonds is 3. The Morgan fingerprint density at radius 3 is 2.73 bits per heavy atom. The van der Waals surface area contributed by atoms with Crippen molar-refractivity contribution < 1.29 is 9.21 Å². The highest BCUT2D eigenvalue weighted by atomic mass is 16.3. The van der Waals surface area contributed by atoms with Crippen LogP contribution in [0.25, 0.3) is 22.6 Å².